The predicted octanol–water partition coefficient (Wildman–Crippen LogP) is 1.98. The largest absolute Gasteiger partial charge is 0.478 e. The van der Waals surface area contributed by atoms with Gasteiger partial charge in [-0.2, -0.15) is 0 Å². The van der Waals surface area contributed by atoms with Crippen LogP contribution in [0.25, 0.3) is 0 Å². The molecule has 5 nitrogen and oxygen atoms in total. The Morgan fingerprint density at radius 3 is 2.63 bits per heavy atom. The van der Waals surface area contributed by atoms with Crippen molar-refractivity contribution in [3.8, 4) is 0 Å². The number of carbonyl (C=O) groups is 1. The molecule has 6 heteroatoms. The lowest BCUT2D eigenvalue weighted by Crippen LogP contribution is -2.26. The number of aryl methyl sites for hydroxylation is 2. The standard InChI is InChI=1S/C13H14N2O3S/c1-7-4-11(16)15(9(3)12(7)13(17)18)5-10-14-8(2)6-19-10/h4,6H,5H2,1-3H3,(H,17,18). The van der Waals surface area contributed by atoms with Crippen LogP contribution in [-0.4, -0.2) is 20.6 Å². The number of pyridine rings is 1. The van der Waals surface area contributed by atoms with Crippen LogP contribution in [0.1, 0.15) is 32.3 Å². The van der Waals surface area contributed by atoms with Crippen LogP contribution in [0.3, 0.4) is 0 Å². The van der Waals surface area contributed by atoms with E-state index in [9.17, 15) is 14.7 Å². The first kappa shape index (κ1) is 13.5. The predicted molar refractivity (Wildman–Crippen MR) is 73.1 cm³/mol. The number of aromatic nitrogens is 2. The van der Waals surface area contributed by atoms with Gasteiger partial charge in [-0.05, 0) is 26.3 Å². The average Bonchev–Trinajstić information content (AvgIpc) is 2.69. The van der Waals surface area contributed by atoms with E-state index in [1.165, 1.54) is 22.0 Å². The van der Waals surface area contributed by atoms with Gasteiger partial charge >= 0.3 is 5.97 Å². The molecule has 0 aliphatic carbocycles. The number of carboxylic acid groups (broad SMARTS) is 1. The van der Waals surface area contributed by atoms with Crippen LogP contribution in [0.15, 0.2) is 16.2 Å². The van der Waals surface area contributed by atoms with E-state index in [0.29, 0.717) is 17.8 Å². The third-order valence-corrected chi connectivity index (χ3v) is 3.89. The molecule has 0 saturated heterocycles. The normalized spacial score (nSPS) is 10.7. The van der Waals surface area contributed by atoms with Crippen LogP contribution in [0.2, 0.25) is 0 Å². The van der Waals surface area contributed by atoms with Crippen molar-refractivity contribution in [2.75, 3.05) is 0 Å². The van der Waals surface area contributed by atoms with E-state index < -0.39 is 5.97 Å². The quantitative estimate of drug-likeness (QED) is 0.931. The van der Waals surface area contributed by atoms with Gasteiger partial charge in [0.05, 0.1) is 12.1 Å². The van der Waals surface area contributed by atoms with Gasteiger partial charge in [-0.1, -0.05) is 0 Å². The molecule has 2 rings (SSSR count). The second kappa shape index (κ2) is 4.97. The summed E-state index contributed by atoms with van der Waals surface area (Å²) in [6.45, 7) is 5.48. The minimum Gasteiger partial charge on any atom is -0.478 e. The van der Waals surface area contributed by atoms with Crippen LogP contribution >= 0.6 is 11.3 Å². The average molecular weight is 278 g/mol. The van der Waals surface area contributed by atoms with Crippen molar-refractivity contribution in [3.63, 3.8) is 0 Å². The number of nitrogens with zero attached hydrogens (tertiary/aromatic N) is 2. The first-order chi connectivity index (χ1) is 8.90. The number of thiazole rings is 1. The van der Waals surface area contributed by atoms with E-state index in [1.54, 1.807) is 13.8 Å². The van der Waals surface area contributed by atoms with Crippen molar-refractivity contribution in [2.24, 2.45) is 0 Å². The van der Waals surface area contributed by atoms with Gasteiger partial charge in [-0.15, -0.1) is 11.3 Å². The number of aromatic carboxylic acids is 1. The Morgan fingerprint density at radius 1 is 1.42 bits per heavy atom. The molecule has 19 heavy (non-hydrogen) atoms. The number of hydrogen-bond acceptors (Lipinski definition) is 4. The maximum Gasteiger partial charge on any atom is 0.337 e. The minimum absolute atomic E-state index is 0.188. The van der Waals surface area contributed by atoms with Gasteiger partial charge in [0.1, 0.15) is 5.01 Å². The first-order valence-electron chi connectivity index (χ1n) is 5.75. The van der Waals surface area contributed by atoms with Gasteiger partial charge in [-0.25, -0.2) is 9.78 Å². The fourth-order valence-corrected chi connectivity index (χ4v) is 2.81. The molecule has 0 saturated carbocycles. The van der Waals surface area contributed by atoms with E-state index in [1.807, 2.05) is 12.3 Å². The molecule has 0 aliphatic heterocycles. The molecule has 0 spiro atoms. The summed E-state index contributed by atoms with van der Waals surface area (Å²) in [5.74, 6) is -1.01. The molecular formula is C13H14N2O3S. The number of carboxylic acids is 1. The molecule has 0 aromatic carbocycles. The fourth-order valence-electron chi connectivity index (χ4n) is 2.05. The van der Waals surface area contributed by atoms with E-state index in [0.717, 1.165) is 10.7 Å². The molecule has 0 aliphatic rings. The molecular weight excluding hydrogens is 264 g/mol. The Bertz CT molecular complexity index is 700. The molecule has 2 aromatic rings. The number of hydrogen-bond donors (Lipinski definition) is 1. The van der Waals surface area contributed by atoms with Gasteiger partial charge in [0, 0.05) is 22.8 Å². The van der Waals surface area contributed by atoms with Crippen molar-refractivity contribution >= 4 is 17.3 Å². The summed E-state index contributed by atoms with van der Waals surface area (Å²) in [4.78, 5) is 27.5. The maximum absolute atomic E-state index is 12.0. The highest BCUT2D eigenvalue weighted by atomic mass is 32.1. The van der Waals surface area contributed by atoms with Gasteiger partial charge < -0.3 is 9.67 Å². The van der Waals surface area contributed by atoms with E-state index in [4.69, 9.17) is 0 Å². The lowest BCUT2D eigenvalue weighted by atomic mass is 10.1. The molecule has 0 unspecified atom stereocenters. The summed E-state index contributed by atoms with van der Waals surface area (Å²) in [6, 6.07) is 1.36. The summed E-state index contributed by atoms with van der Waals surface area (Å²) in [5, 5.41) is 11.9. The van der Waals surface area contributed by atoms with E-state index in [2.05, 4.69) is 4.98 Å². The van der Waals surface area contributed by atoms with Gasteiger partial charge in [-0.3, -0.25) is 4.79 Å². The third-order valence-electron chi connectivity index (χ3n) is 2.94. The zero-order chi connectivity index (χ0) is 14.2. The van der Waals surface area contributed by atoms with Gasteiger partial charge in [0.15, 0.2) is 0 Å². The smallest absolute Gasteiger partial charge is 0.337 e. The summed E-state index contributed by atoms with van der Waals surface area (Å²) in [6.07, 6.45) is 0. The van der Waals surface area contributed by atoms with Crippen LogP contribution in [0, 0.1) is 20.8 Å². The zero-order valence-corrected chi connectivity index (χ0v) is 11.7. The van der Waals surface area contributed by atoms with Crippen molar-refractivity contribution in [2.45, 2.75) is 27.3 Å². The first-order valence-corrected chi connectivity index (χ1v) is 6.63. The molecule has 0 amide bonds. The molecule has 0 fully saturated rings. The van der Waals surface area contributed by atoms with Gasteiger partial charge in [0.2, 0.25) is 0 Å². The zero-order valence-electron chi connectivity index (χ0n) is 10.9. The highest BCUT2D eigenvalue weighted by Gasteiger charge is 2.16. The minimum atomic E-state index is -1.01. The summed E-state index contributed by atoms with van der Waals surface area (Å²) in [5.41, 5.74) is 1.84. The van der Waals surface area contributed by atoms with E-state index >= 15 is 0 Å². The van der Waals surface area contributed by atoms with Crippen molar-refractivity contribution in [1.82, 2.24) is 9.55 Å². The maximum atomic E-state index is 12.0. The molecule has 2 aromatic heterocycles. The lowest BCUT2D eigenvalue weighted by Gasteiger charge is -2.12. The van der Waals surface area contributed by atoms with Crippen molar-refractivity contribution in [1.29, 1.82) is 0 Å². The second-order valence-electron chi connectivity index (χ2n) is 4.40. The van der Waals surface area contributed by atoms with Crippen LogP contribution < -0.4 is 5.56 Å². The van der Waals surface area contributed by atoms with Crippen LogP contribution in [0.4, 0.5) is 0 Å². The number of rotatable bonds is 3. The van der Waals surface area contributed by atoms with Gasteiger partial charge in [0.25, 0.3) is 5.56 Å². The van der Waals surface area contributed by atoms with Crippen LogP contribution in [-0.2, 0) is 6.54 Å². The molecule has 100 valence electrons. The summed E-state index contributed by atoms with van der Waals surface area (Å²) in [7, 11) is 0. The topological polar surface area (TPSA) is 72.2 Å². The Kier molecular flexibility index (Phi) is 3.53. The molecule has 1 N–H and O–H groups in total. The molecule has 0 atom stereocenters. The molecule has 2 heterocycles. The molecule has 0 radical (unpaired) electrons. The Morgan fingerprint density at radius 2 is 2.11 bits per heavy atom. The monoisotopic (exact) mass is 278 g/mol. The fraction of sp³-hybridized carbons (Fsp3) is 0.308. The third kappa shape index (κ3) is 2.58. The highest BCUT2D eigenvalue weighted by molar-refractivity contribution is 7.09. The lowest BCUT2D eigenvalue weighted by molar-refractivity contribution is 0.0694. The Balaban J connectivity index is 2.54. The highest BCUT2D eigenvalue weighted by Crippen LogP contribution is 2.15. The Hall–Kier alpha value is -1.95. The van der Waals surface area contributed by atoms with Crippen molar-refractivity contribution in [3.05, 3.63) is 49.3 Å². The van der Waals surface area contributed by atoms with E-state index in [-0.39, 0.29) is 11.1 Å². The Labute approximate surface area is 114 Å². The molecule has 0 bridgehead atoms. The summed E-state index contributed by atoms with van der Waals surface area (Å²) < 4.78 is 1.45. The second-order valence-corrected chi connectivity index (χ2v) is 5.34. The van der Waals surface area contributed by atoms with Crippen LogP contribution in [0.5, 0.6) is 0 Å². The SMILES string of the molecule is Cc1csc(Cn2c(C)c(C(=O)O)c(C)cc2=O)n1. The summed E-state index contributed by atoms with van der Waals surface area (Å²) >= 11 is 1.46. The van der Waals surface area contributed by atoms with Crippen molar-refractivity contribution < 1.29 is 9.90 Å².